The summed E-state index contributed by atoms with van der Waals surface area (Å²) < 4.78 is 5.11. The average molecular weight is 593 g/mol. The highest BCUT2D eigenvalue weighted by Gasteiger charge is 2.22. The van der Waals surface area contributed by atoms with E-state index < -0.39 is 0 Å². The van der Waals surface area contributed by atoms with Gasteiger partial charge in [0.25, 0.3) is 0 Å². The third-order valence-electron chi connectivity index (χ3n) is 8.78. The van der Waals surface area contributed by atoms with Crippen molar-refractivity contribution in [1.82, 2.24) is 4.57 Å². The number of hydrogen-bond donors (Lipinski definition) is 0. The zero-order valence-corrected chi connectivity index (χ0v) is 25.3. The van der Waals surface area contributed by atoms with Crippen molar-refractivity contribution >= 4 is 70.4 Å². The van der Waals surface area contributed by atoms with Crippen LogP contribution in [0.1, 0.15) is 0 Å². The van der Waals surface area contributed by atoms with E-state index in [1.807, 2.05) is 11.3 Å². The average Bonchev–Trinajstić information content (AvgIpc) is 3.66. The van der Waals surface area contributed by atoms with Crippen molar-refractivity contribution in [2.45, 2.75) is 0 Å². The standard InChI is InChI=1S/C42H28N2S/c1-3-15-29(16-4-1)43(30-17-5-2-6-18-30)38-26-14-27-39-41(38)35-21-8-11-25-37(35)44(39)36-24-10-7-19-31(36)33-22-13-23-34-32-20-9-12-28-40(32)45-42(33)34/h1-28H. The number of fused-ring (bicyclic) bond motifs is 6. The molecule has 0 bridgehead atoms. The van der Waals surface area contributed by atoms with Crippen LogP contribution in [0.25, 0.3) is 58.8 Å². The van der Waals surface area contributed by atoms with E-state index in [1.54, 1.807) is 0 Å². The molecule has 0 unspecified atom stereocenters. The lowest BCUT2D eigenvalue weighted by Crippen LogP contribution is -2.10. The quantitative estimate of drug-likeness (QED) is 0.193. The second-order valence-electron chi connectivity index (χ2n) is 11.3. The van der Waals surface area contributed by atoms with Gasteiger partial charge in [0, 0.05) is 53.4 Å². The fourth-order valence-electron chi connectivity index (χ4n) is 6.88. The normalized spacial score (nSPS) is 11.6. The van der Waals surface area contributed by atoms with Gasteiger partial charge in [-0.1, -0.05) is 115 Å². The molecule has 0 radical (unpaired) electrons. The summed E-state index contributed by atoms with van der Waals surface area (Å²) in [6, 6.07) is 61.2. The second-order valence-corrected chi connectivity index (χ2v) is 12.4. The largest absolute Gasteiger partial charge is 0.310 e. The van der Waals surface area contributed by atoms with Gasteiger partial charge >= 0.3 is 0 Å². The molecule has 0 N–H and O–H groups in total. The summed E-state index contributed by atoms with van der Waals surface area (Å²) in [6.45, 7) is 0. The number of thiophene rings is 1. The predicted molar refractivity (Wildman–Crippen MR) is 194 cm³/mol. The molecule has 0 aliphatic rings. The number of para-hydroxylation sites is 4. The minimum Gasteiger partial charge on any atom is -0.310 e. The van der Waals surface area contributed by atoms with Gasteiger partial charge in [-0.05, 0) is 54.6 Å². The number of aromatic nitrogens is 1. The Morgan fingerprint density at radius 1 is 0.422 bits per heavy atom. The predicted octanol–water partition coefficient (Wildman–Crippen LogP) is 12.3. The summed E-state index contributed by atoms with van der Waals surface area (Å²) in [5.41, 5.74) is 9.46. The van der Waals surface area contributed by atoms with E-state index in [0.717, 1.165) is 17.1 Å². The van der Waals surface area contributed by atoms with Crippen LogP contribution in [-0.2, 0) is 0 Å². The number of nitrogens with zero attached hydrogens (tertiary/aromatic N) is 2. The smallest absolute Gasteiger partial charge is 0.0562 e. The molecular weight excluding hydrogens is 565 g/mol. The highest BCUT2D eigenvalue weighted by atomic mass is 32.1. The van der Waals surface area contributed by atoms with Crippen LogP contribution < -0.4 is 4.90 Å². The van der Waals surface area contributed by atoms with Crippen molar-refractivity contribution in [1.29, 1.82) is 0 Å². The highest BCUT2D eigenvalue weighted by Crippen LogP contribution is 2.46. The van der Waals surface area contributed by atoms with Gasteiger partial charge in [-0.15, -0.1) is 11.3 Å². The summed E-state index contributed by atoms with van der Waals surface area (Å²) in [5, 5.41) is 5.10. The fraction of sp³-hybridized carbons (Fsp3) is 0. The first-order valence-corrected chi connectivity index (χ1v) is 16.1. The molecule has 9 aromatic rings. The van der Waals surface area contributed by atoms with Crippen LogP contribution in [0.5, 0.6) is 0 Å². The number of rotatable bonds is 5. The molecule has 0 aliphatic carbocycles. The van der Waals surface area contributed by atoms with E-state index in [2.05, 4.69) is 179 Å². The molecule has 2 heterocycles. The van der Waals surface area contributed by atoms with Gasteiger partial charge in [0.15, 0.2) is 0 Å². The van der Waals surface area contributed by atoms with Crippen molar-refractivity contribution in [3.63, 3.8) is 0 Å². The molecule has 0 atom stereocenters. The van der Waals surface area contributed by atoms with Gasteiger partial charge < -0.3 is 9.47 Å². The van der Waals surface area contributed by atoms with E-state index in [9.17, 15) is 0 Å². The van der Waals surface area contributed by atoms with E-state index in [4.69, 9.17) is 0 Å². The molecule has 0 aliphatic heterocycles. The number of benzene rings is 7. The number of hydrogen-bond acceptors (Lipinski definition) is 2. The van der Waals surface area contributed by atoms with Crippen molar-refractivity contribution in [2.75, 3.05) is 4.90 Å². The fourth-order valence-corrected chi connectivity index (χ4v) is 8.11. The lowest BCUT2D eigenvalue weighted by Gasteiger charge is -2.26. The Hall–Kier alpha value is -5.64. The van der Waals surface area contributed by atoms with E-state index >= 15 is 0 Å². The molecule has 0 amide bonds. The molecule has 0 saturated heterocycles. The van der Waals surface area contributed by atoms with Crippen LogP contribution >= 0.6 is 11.3 Å². The Kier molecular flexibility index (Phi) is 6.03. The van der Waals surface area contributed by atoms with Crippen LogP contribution in [-0.4, -0.2) is 4.57 Å². The van der Waals surface area contributed by atoms with Gasteiger partial charge in [0.2, 0.25) is 0 Å². The molecule has 45 heavy (non-hydrogen) atoms. The van der Waals surface area contributed by atoms with E-state index in [0.29, 0.717) is 0 Å². The first-order chi connectivity index (χ1) is 22.4. The van der Waals surface area contributed by atoms with Crippen LogP contribution in [0.3, 0.4) is 0 Å². The van der Waals surface area contributed by atoms with Crippen LogP contribution in [0.2, 0.25) is 0 Å². The third kappa shape index (κ3) is 4.09. The lowest BCUT2D eigenvalue weighted by molar-refractivity contribution is 1.18. The Bertz CT molecular complexity index is 2450. The summed E-state index contributed by atoms with van der Waals surface area (Å²) >= 11 is 1.88. The summed E-state index contributed by atoms with van der Waals surface area (Å²) in [4.78, 5) is 2.38. The zero-order chi connectivity index (χ0) is 29.7. The van der Waals surface area contributed by atoms with E-state index in [-0.39, 0.29) is 0 Å². The third-order valence-corrected chi connectivity index (χ3v) is 10.0. The van der Waals surface area contributed by atoms with Crippen molar-refractivity contribution in [2.24, 2.45) is 0 Å². The topological polar surface area (TPSA) is 8.17 Å². The highest BCUT2D eigenvalue weighted by molar-refractivity contribution is 7.26. The van der Waals surface area contributed by atoms with Gasteiger partial charge in [0.05, 0.1) is 22.4 Å². The molecule has 0 fully saturated rings. The molecule has 212 valence electrons. The maximum absolute atomic E-state index is 2.46. The Morgan fingerprint density at radius 2 is 1.00 bits per heavy atom. The number of anilines is 3. The Balaban J connectivity index is 1.35. The van der Waals surface area contributed by atoms with E-state index in [1.165, 1.54) is 58.8 Å². The first-order valence-electron chi connectivity index (χ1n) is 15.3. The van der Waals surface area contributed by atoms with Crippen molar-refractivity contribution in [3.8, 4) is 16.8 Å². The maximum Gasteiger partial charge on any atom is 0.0562 e. The Morgan fingerprint density at radius 3 is 1.80 bits per heavy atom. The second kappa shape index (κ2) is 10.5. The maximum atomic E-state index is 2.46. The van der Waals surface area contributed by atoms with Crippen molar-refractivity contribution < 1.29 is 0 Å². The molecule has 7 aromatic carbocycles. The molecule has 9 rings (SSSR count). The Labute approximate surface area is 265 Å². The van der Waals surface area contributed by atoms with Crippen LogP contribution in [0.4, 0.5) is 17.1 Å². The van der Waals surface area contributed by atoms with Gasteiger partial charge in [-0.3, -0.25) is 0 Å². The monoisotopic (exact) mass is 592 g/mol. The van der Waals surface area contributed by atoms with Crippen LogP contribution in [0.15, 0.2) is 170 Å². The molecular formula is C42H28N2S. The lowest BCUT2D eigenvalue weighted by atomic mass is 10.0. The zero-order valence-electron chi connectivity index (χ0n) is 24.5. The minimum absolute atomic E-state index is 1.13. The molecule has 3 heteroatoms. The van der Waals surface area contributed by atoms with Gasteiger partial charge in [-0.2, -0.15) is 0 Å². The summed E-state index contributed by atoms with van der Waals surface area (Å²) in [7, 11) is 0. The minimum atomic E-state index is 1.13. The molecule has 2 aromatic heterocycles. The molecule has 2 nitrogen and oxygen atoms in total. The van der Waals surface area contributed by atoms with Gasteiger partial charge in [-0.25, -0.2) is 0 Å². The van der Waals surface area contributed by atoms with Crippen molar-refractivity contribution in [3.05, 3.63) is 170 Å². The molecule has 0 saturated carbocycles. The summed E-state index contributed by atoms with van der Waals surface area (Å²) in [6.07, 6.45) is 0. The van der Waals surface area contributed by atoms with Gasteiger partial charge in [0.1, 0.15) is 0 Å². The van der Waals surface area contributed by atoms with Crippen LogP contribution in [0, 0.1) is 0 Å². The molecule has 0 spiro atoms. The SMILES string of the molecule is c1ccc(N(c2ccccc2)c2cccc3c2c2ccccc2n3-c2ccccc2-c2cccc3c2sc2ccccc23)cc1. The first kappa shape index (κ1) is 25.8. The summed E-state index contributed by atoms with van der Waals surface area (Å²) in [5.74, 6) is 0.